The first kappa shape index (κ1) is 26.7. The number of carbonyl (C=O) groups is 1. The first-order chi connectivity index (χ1) is 18.7. The molecule has 1 amide bonds. The second-order valence-electron chi connectivity index (χ2n) is 11.0. The highest BCUT2D eigenvalue weighted by Crippen LogP contribution is 2.39. The molecular weight excluding hydrogens is 494 g/mol. The van der Waals surface area contributed by atoms with E-state index in [2.05, 4.69) is 39.9 Å². The molecule has 5 rings (SSSR count). The van der Waals surface area contributed by atoms with E-state index in [1.165, 1.54) is 11.1 Å². The minimum atomic E-state index is -0.508. The van der Waals surface area contributed by atoms with Crippen LogP contribution in [0.1, 0.15) is 56.5 Å². The molecule has 0 saturated carbocycles. The number of rotatable bonds is 6. The predicted octanol–water partition coefficient (Wildman–Crippen LogP) is 5.21. The van der Waals surface area contributed by atoms with Gasteiger partial charge in [-0.05, 0) is 87.6 Å². The largest absolute Gasteiger partial charge is 0.491 e. The van der Waals surface area contributed by atoms with Crippen molar-refractivity contribution in [1.82, 2.24) is 19.9 Å². The number of aliphatic hydroxyl groups excluding tert-OH is 1. The molecule has 2 aliphatic rings. The average molecular weight is 532 g/mol. The first-order valence-electron chi connectivity index (χ1n) is 13.5. The van der Waals surface area contributed by atoms with Gasteiger partial charge in [0, 0.05) is 30.9 Å². The number of benzene rings is 2. The van der Waals surface area contributed by atoms with Gasteiger partial charge in [-0.1, -0.05) is 23.4 Å². The number of anilines is 1. The molecule has 0 bridgehead atoms. The van der Waals surface area contributed by atoms with Gasteiger partial charge in [-0.15, -0.1) is 5.10 Å². The van der Waals surface area contributed by atoms with Gasteiger partial charge in [0.05, 0.1) is 24.0 Å². The Morgan fingerprint density at radius 3 is 2.64 bits per heavy atom. The summed E-state index contributed by atoms with van der Waals surface area (Å²) in [6.45, 7) is 9.84. The third-order valence-electron chi connectivity index (χ3n) is 7.00. The summed E-state index contributed by atoms with van der Waals surface area (Å²) >= 11 is 0. The fraction of sp³-hybridized carbons (Fsp3) is 0.433. The van der Waals surface area contributed by atoms with Crippen molar-refractivity contribution in [2.45, 2.75) is 58.7 Å². The molecule has 9 heteroatoms. The summed E-state index contributed by atoms with van der Waals surface area (Å²) in [6.07, 6.45) is 3.48. The number of ether oxygens (including phenoxy) is 2. The lowest BCUT2D eigenvalue weighted by Gasteiger charge is -2.30. The summed E-state index contributed by atoms with van der Waals surface area (Å²) in [5.74, 6) is 0.727. The van der Waals surface area contributed by atoms with Crippen LogP contribution in [0.4, 0.5) is 10.5 Å². The number of amides is 1. The molecule has 2 N–H and O–H groups in total. The summed E-state index contributed by atoms with van der Waals surface area (Å²) in [5, 5.41) is 21.5. The van der Waals surface area contributed by atoms with Crippen molar-refractivity contribution in [2.75, 3.05) is 31.6 Å². The topological polar surface area (TPSA) is 102 Å². The minimum absolute atomic E-state index is 0.0141. The Morgan fingerprint density at radius 2 is 1.95 bits per heavy atom. The Kier molecular flexibility index (Phi) is 7.61. The van der Waals surface area contributed by atoms with Gasteiger partial charge in [0.15, 0.2) is 0 Å². The molecule has 2 aromatic carbocycles. The Morgan fingerprint density at radius 1 is 1.15 bits per heavy atom. The van der Waals surface area contributed by atoms with E-state index in [1.807, 2.05) is 56.6 Å². The van der Waals surface area contributed by atoms with Crippen molar-refractivity contribution in [3.63, 3.8) is 0 Å². The molecule has 1 unspecified atom stereocenters. The van der Waals surface area contributed by atoms with E-state index >= 15 is 0 Å². The van der Waals surface area contributed by atoms with Crippen molar-refractivity contribution in [2.24, 2.45) is 0 Å². The Labute approximate surface area is 229 Å². The maximum atomic E-state index is 12.5. The maximum absolute atomic E-state index is 12.5. The molecule has 0 radical (unpaired) electrons. The molecule has 0 saturated heterocycles. The molecule has 0 spiro atoms. The van der Waals surface area contributed by atoms with E-state index in [0.717, 1.165) is 53.3 Å². The quantitative estimate of drug-likeness (QED) is 0.450. The summed E-state index contributed by atoms with van der Waals surface area (Å²) in [4.78, 5) is 14.3. The number of aromatic nitrogens is 3. The summed E-state index contributed by atoms with van der Waals surface area (Å²) < 4.78 is 13.1. The van der Waals surface area contributed by atoms with E-state index < -0.39 is 5.60 Å². The molecule has 3 aromatic rings. The maximum Gasteiger partial charge on any atom is 0.410 e. The molecule has 0 aliphatic carbocycles. The van der Waals surface area contributed by atoms with Crippen LogP contribution < -0.4 is 10.1 Å². The van der Waals surface area contributed by atoms with Gasteiger partial charge in [0.2, 0.25) is 0 Å². The fourth-order valence-electron chi connectivity index (χ4n) is 5.15. The highest BCUT2D eigenvalue weighted by Gasteiger charge is 2.27. The zero-order valence-corrected chi connectivity index (χ0v) is 23.1. The predicted molar refractivity (Wildman–Crippen MR) is 151 cm³/mol. The first-order valence-corrected chi connectivity index (χ1v) is 13.5. The van der Waals surface area contributed by atoms with E-state index in [9.17, 15) is 4.79 Å². The van der Waals surface area contributed by atoms with Gasteiger partial charge in [-0.3, -0.25) is 0 Å². The van der Waals surface area contributed by atoms with E-state index in [4.69, 9.17) is 14.6 Å². The van der Waals surface area contributed by atoms with Crippen LogP contribution in [0, 0.1) is 6.92 Å². The molecule has 2 aliphatic heterocycles. The molecular formula is C30H37N5O4. The third-order valence-corrected chi connectivity index (χ3v) is 7.00. The van der Waals surface area contributed by atoms with Crippen molar-refractivity contribution in [3.8, 4) is 17.0 Å². The second-order valence-corrected chi connectivity index (χ2v) is 11.0. The van der Waals surface area contributed by atoms with Crippen LogP contribution in [0.15, 0.2) is 48.5 Å². The van der Waals surface area contributed by atoms with E-state index in [1.54, 1.807) is 4.90 Å². The molecule has 9 nitrogen and oxygen atoms in total. The molecule has 3 heterocycles. The Balaban J connectivity index is 1.42. The van der Waals surface area contributed by atoms with Gasteiger partial charge < -0.3 is 24.8 Å². The standard InChI is InChI=1S/C30H37N5O4/c1-20-28-25-10-5-22(21-11-14-34(15-12-21)29(37)39-30(2,3)4)19-26(25)27(13-16-35(28)33-32-20)31-23-6-8-24(9-7-23)38-18-17-36/h5-11,19,27,31,36H,12-18H2,1-4H3. The number of hydrogen-bond donors (Lipinski definition) is 2. The van der Waals surface area contributed by atoms with Crippen molar-refractivity contribution >= 4 is 17.4 Å². The zero-order valence-electron chi connectivity index (χ0n) is 23.1. The molecule has 1 aromatic heterocycles. The highest BCUT2D eigenvalue weighted by molar-refractivity contribution is 5.76. The lowest BCUT2D eigenvalue weighted by atomic mass is 9.90. The number of nitrogens with one attached hydrogen (secondary N) is 1. The third kappa shape index (κ3) is 6.09. The van der Waals surface area contributed by atoms with Gasteiger partial charge in [-0.25, -0.2) is 9.48 Å². The van der Waals surface area contributed by atoms with Gasteiger partial charge in [0.25, 0.3) is 0 Å². The normalized spacial score (nSPS) is 17.0. The number of nitrogens with zero attached hydrogens (tertiary/aromatic N) is 4. The number of carbonyl (C=O) groups excluding carboxylic acids is 1. The fourth-order valence-corrected chi connectivity index (χ4v) is 5.15. The number of aryl methyl sites for hydroxylation is 2. The van der Waals surface area contributed by atoms with Crippen molar-refractivity contribution in [3.05, 3.63) is 65.4 Å². The smallest absolute Gasteiger partial charge is 0.410 e. The summed E-state index contributed by atoms with van der Waals surface area (Å²) in [6, 6.07) is 14.5. The van der Waals surface area contributed by atoms with Crippen LogP contribution >= 0.6 is 0 Å². The van der Waals surface area contributed by atoms with Crippen LogP contribution in [0.5, 0.6) is 5.75 Å². The lowest BCUT2D eigenvalue weighted by Crippen LogP contribution is -2.39. The monoisotopic (exact) mass is 531 g/mol. The molecule has 206 valence electrons. The Hall–Kier alpha value is -3.85. The minimum Gasteiger partial charge on any atom is -0.491 e. The number of fused-ring (bicyclic) bond motifs is 3. The van der Waals surface area contributed by atoms with Crippen molar-refractivity contribution in [1.29, 1.82) is 0 Å². The van der Waals surface area contributed by atoms with Crippen LogP contribution in [0.25, 0.3) is 16.8 Å². The Bertz CT molecular complexity index is 1360. The van der Waals surface area contributed by atoms with Crippen LogP contribution in [0.2, 0.25) is 0 Å². The molecule has 1 atom stereocenters. The summed E-state index contributed by atoms with van der Waals surface area (Å²) in [7, 11) is 0. The van der Waals surface area contributed by atoms with Crippen LogP contribution in [-0.4, -0.2) is 63.0 Å². The number of aliphatic hydroxyl groups is 1. The number of hydrogen-bond acceptors (Lipinski definition) is 7. The second kappa shape index (κ2) is 11.1. The zero-order chi connectivity index (χ0) is 27.6. The van der Waals surface area contributed by atoms with E-state index in [-0.39, 0.29) is 25.3 Å². The lowest BCUT2D eigenvalue weighted by molar-refractivity contribution is 0.0270. The van der Waals surface area contributed by atoms with Gasteiger partial charge in [0.1, 0.15) is 18.0 Å². The molecule has 0 fully saturated rings. The summed E-state index contributed by atoms with van der Waals surface area (Å²) in [5.41, 5.74) is 7.18. The van der Waals surface area contributed by atoms with E-state index in [0.29, 0.717) is 13.1 Å². The van der Waals surface area contributed by atoms with Gasteiger partial charge in [-0.2, -0.15) is 0 Å². The average Bonchev–Trinajstić information content (AvgIpc) is 3.21. The van der Waals surface area contributed by atoms with Gasteiger partial charge >= 0.3 is 6.09 Å². The SMILES string of the molecule is Cc1nnn2c1-c1ccc(C3=CCN(C(=O)OC(C)(C)C)CC3)cc1C(Nc1ccc(OCCO)cc1)CC2. The van der Waals surface area contributed by atoms with Crippen LogP contribution in [-0.2, 0) is 11.3 Å². The highest BCUT2D eigenvalue weighted by atomic mass is 16.6. The van der Waals surface area contributed by atoms with Crippen LogP contribution in [0.3, 0.4) is 0 Å². The molecule has 39 heavy (non-hydrogen) atoms. The van der Waals surface area contributed by atoms with Crippen molar-refractivity contribution < 1.29 is 19.4 Å².